The van der Waals surface area contributed by atoms with Gasteiger partial charge < -0.3 is 4.74 Å². The molecule has 7 heteroatoms. The topological polar surface area (TPSA) is 87.5 Å². The number of hydrogen-bond donors (Lipinski definition) is 0. The summed E-state index contributed by atoms with van der Waals surface area (Å²) in [5.41, 5.74) is 0. The molecule has 6 nitrogen and oxygen atoms in total. The summed E-state index contributed by atoms with van der Waals surface area (Å²) in [6.45, 7) is 1.68. The lowest BCUT2D eigenvalue weighted by molar-refractivity contribution is -0.145. The monoisotopic (exact) mass is 288 g/mol. The molecule has 0 amide bonds. The number of sulfonamides is 1. The number of methoxy groups -OCH3 is 1. The van der Waals surface area contributed by atoms with Crippen LogP contribution in [0.4, 0.5) is 0 Å². The third kappa shape index (κ3) is 3.25. The number of rotatable bonds is 5. The van der Waals surface area contributed by atoms with Crippen molar-refractivity contribution in [2.24, 2.45) is 5.92 Å². The van der Waals surface area contributed by atoms with E-state index in [1.807, 2.05) is 6.07 Å². The van der Waals surface area contributed by atoms with Crippen molar-refractivity contribution in [2.75, 3.05) is 14.2 Å². The van der Waals surface area contributed by atoms with E-state index >= 15 is 0 Å². The lowest BCUT2D eigenvalue weighted by atomic mass is 10.1. The molecule has 0 heterocycles. The van der Waals surface area contributed by atoms with Crippen molar-refractivity contribution in [3.8, 4) is 6.07 Å². The van der Waals surface area contributed by atoms with Gasteiger partial charge in [0.1, 0.15) is 0 Å². The summed E-state index contributed by atoms with van der Waals surface area (Å²) in [5.74, 6) is -1.06. The molecule has 1 fully saturated rings. The molecule has 0 radical (unpaired) electrons. The first-order chi connectivity index (χ1) is 8.86. The van der Waals surface area contributed by atoms with E-state index in [0.29, 0.717) is 19.3 Å². The van der Waals surface area contributed by atoms with Crippen LogP contribution < -0.4 is 0 Å². The standard InChI is InChI=1S/C12H20N2O4S/c1-9(7-8-13)14(2)19(16,17)11-6-4-5-10(11)12(15)18-3/h9-11H,4-7H2,1-3H3. The summed E-state index contributed by atoms with van der Waals surface area (Å²) in [4.78, 5) is 11.6. The van der Waals surface area contributed by atoms with Crippen LogP contribution in [-0.2, 0) is 19.6 Å². The van der Waals surface area contributed by atoms with Crippen LogP contribution in [0.3, 0.4) is 0 Å². The maximum Gasteiger partial charge on any atom is 0.310 e. The SMILES string of the molecule is COC(=O)C1CCCC1S(=O)(=O)N(C)C(C)CC#N. The lowest BCUT2D eigenvalue weighted by Gasteiger charge is -2.28. The third-order valence-corrected chi connectivity index (χ3v) is 6.24. The third-order valence-electron chi connectivity index (χ3n) is 3.75. The Kier molecular flexibility index (Phi) is 5.32. The lowest BCUT2D eigenvalue weighted by Crippen LogP contribution is -2.44. The first-order valence-corrected chi connectivity index (χ1v) is 7.78. The van der Waals surface area contributed by atoms with E-state index in [2.05, 4.69) is 4.74 Å². The molecule has 0 N–H and O–H groups in total. The highest BCUT2D eigenvalue weighted by Crippen LogP contribution is 2.34. The van der Waals surface area contributed by atoms with Gasteiger partial charge in [0.2, 0.25) is 10.0 Å². The number of nitrogens with zero attached hydrogens (tertiary/aromatic N) is 2. The van der Waals surface area contributed by atoms with Gasteiger partial charge >= 0.3 is 5.97 Å². The summed E-state index contributed by atoms with van der Waals surface area (Å²) in [6.07, 6.45) is 1.83. The summed E-state index contributed by atoms with van der Waals surface area (Å²) in [7, 11) is -0.851. The van der Waals surface area contributed by atoms with Gasteiger partial charge in [-0.05, 0) is 19.8 Å². The fraction of sp³-hybridized carbons (Fsp3) is 0.833. The van der Waals surface area contributed by atoms with Crippen LogP contribution in [0.2, 0.25) is 0 Å². The molecule has 1 aliphatic carbocycles. The average molecular weight is 288 g/mol. The fourth-order valence-electron chi connectivity index (χ4n) is 2.43. The Hall–Kier alpha value is -1.13. The Morgan fingerprint density at radius 1 is 1.53 bits per heavy atom. The number of hydrogen-bond acceptors (Lipinski definition) is 5. The summed E-state index contributed by atoms with van der Waals surface area (Å²) < 4.78 is 30.9. The average Bonchev–Trinajstić information content (AvgIpc) is 2.87. The second-order valence-electron chi connectivity index (χ2n) is 4.87. The smallest absolute Gasteiger partial charge is 0.310 e. The zero-order chi connectivity index (χ0) is 14.6. The van der Waals surface area contributed by atoms with E-state index in [1.54, 1.807) is 6.92 Å². The van der Waals surface area contributed by atoms with Gasteiger partial charge in [-0.2, -0.15) is 5.26 Å². The first kappa shape index (κ1) is 15.9. The molecule has 0 bridgehead atoms. The second kappa shape index (κ2) is 6.35. The quantitative estimate of drug-likeness (QED) is 0.701. The molecule has 0 spiro atoms. The van der Waals surface area contributed by atoms with Gasteiger partial charge in [-0.15, -0.1) is 0 Å². The van der Waals surface area contributed by atoms with Crippen LogP contribution in [-0.4, -0.2) is 44.1 Å². The van der Waals surface area contributed by atoms with Crippen molar-refractivity contribution in [3.05, 3.63) is 0 Å². The van der Waals surface area contributed by atoms with Crippen molar-refractivity contribution >= 4 is 16.0 Å². The highest BCUT2D eigenvalue weighted by molar-refractivity contribution is 7.89. The van der Waals surface area contributed by atoms with E-state index in [9.17, 15) is 13.2 Å². The van der Waals surface area contributed by atoms with E-state index < -0.39 is 33.2 Å². The molecule has 0 aromatic carbocycles. The van der Waals surface area contributed by atoms with Gasteiger partial charge in [-0.1, -0.05) is 6.42 Å². The molecule has 3 atom stereocenters. The molecule has 19 heavy (non-hydrogen) atoms. The minimum absolute atomic E-state index is 0.130. The van der Waals surface area contributed by atoms with Gasteiger partial charge in [-0.3, -0.25) is 4.79 Å². The van der Waals surface area contributed by atoms with Crippen LogP contribution in [0.15, 0.2) is 0 Å². The Balaban J connectivity index is 2.93. The normalized spacial score (nSPS) is 25.0. The van der Waals surface area contributed by atoms with Gasteiger partial charge in [0, 0.05) is 13.1 Å². The maximum absolute atomic E-state index is 12.5. The van der Waals surface area contributed by atoms with Crippen molar-refractivity contribution in [2.45, 2.75) is 43.9 Å². The molecule has 1 rings (SSSR count). The molecule has 0 aromatic heterocycles. The minimum atomic E-state index is -3.58. The molecule has 0 saturated heterocycles. The molecule has 108 valence electrons. The van der Waals surface area contributed by atoms with Crippen molar-refractivity contribution in [3.63, 3.8) is 0 Å². The van der Waals surface area contributed by atoms with E-state index in [1.165, 1.54) is 18.5 Å². The largest absolute Gasteiger partial charge is 0.469 e. The van der Waals surface area contributed by atoms with E-state index in [0.717, 1.165) is 0 Å². The predicted octanol–water partition coefficient (Wildman–Crippen LogP) is 0.892. The maximum atomic E-state index is 12.5. The molecular formula is C12H20N2O4S. The predicted molar refractivity (Wildman–Crippen MR) is 69.5 cm³/mol. The van der Waals surface area contributed by atoms with E-state index in [4.69, 9.17) is 5.26 Å². The first-order valence-electron chi connectivity index (χ1n) is 6.27. The molecule has 1 aliphatic rings. The number of nitriles is 1. The van der Waals surface area contributed by atoms with Gasteiger partial charge in [0.05, 0.1) is 30.8 Å². The van der Waals surface area contributed by atoms with Gasteiger partial charge in [0.15, 0.2) is 0 Å². The Morgan fingerprint density at radius 2 is 2.16 bits per heavy atom. The number of carbonyl (C=O) groups is 1. The van der Waals surface area contributed by atoms with E-state index in [-0.39, 0.29) is 6.42 Å². The Labute approximate surface area is 114 Å². The minimum Gasteiger partial charge on any atom is -0.469 e. The Morgan fingerprint density at radius 3 is 2.68 bits per heavy atom. The van der Waals surface area contributed by atoms with Crippen LogP contribution >= 0.6 is 0 Å². The van der Waals surface area contributed by atoms with Crippen molar-refractivity contribution in [1.29, 1.82) is 5.26 Å². The number of carbonyl (C=O) groups excluding carboxylic acids is 1. The summed E-state index contributed by atoms with van der Waals surface area (Å²) in [6, 6.07) is 1.56. The molecule has 0 aliphatic heterocycles. The number of ether oxygens (including phenoxy) is 1. The zero-order valence-electron chi connectivity index (χ0n) is 11.5. The van der Waals surface area contributed by atoms with Crippen molar-refractivity contribution in [1.82, 2.24) is 4.31 Å². The molecular weight excluding hydrogens is 268 g/mol. The highest BCUT2D eigenvalue weighted by Gasteiger charge is 2.44. The molecule has 1 saturated carbocycles. The summed E-state index contributed by atoms with van der Waals surface area (Å²) >= 11 is 0. The van der Waals surface area contributed by atoms with Crippen LogP contribution in [0.25, 0.3) is 0 Å². The van der Waals surface area contributed by atoms with Gasteiger partial charge in [-0.25, -0.2) is 12.7 Å². The molecule has 0 aromatic rings. The molecule has 3 unspecified atom stereocenters. The second-order valence-corrected chi connectivity index (χ2v) is 7.08. The van der Waals surface area contributed by atoms with Gasteiger partial charge in [0.25, 0.3) is 0 Å². The summed E-state index contributed by atoms with van der Waals surface area (Å²) in [5, 5.41) is 7.92. The van der Waals surface area contributed by atoms with Crippen LogP contribution in [0.1, 0.15) is 32.6 Å². The Bertz CT molecular complexity index is 469. The van der Waals surface area contributed by atoms with Crippen LogP contribution in [0, 0.1) is 17.2 Å². The zero-order valence-corrected chi connectivity index (χ0v) is 12.3. The van der Waals surface area contributed by atoms with Crippen molar-refractivity contribution < 1.29 is 17.9 Å². The highest BCUT2D eigenvalue weighted by atomic mass is 32.2. The van der Waals surface area contributed by atoms with Crippen LogP contribution in [0.5, 0.6) is 0 Å². The number of esters is 1. The fourth-order valence-corrected chi connectivity index (χ4v) is 4.56.